The van der Waals surface area contributed by atoms with Crippen LogP contribution in [0.2, 0.25) is 0 Å². The Labute approximate surface area is 135 Å². The normalized spacial score (nSPS) is 23.1. The van der Waals surface area contributed by atoms with E-state index in [1.807, 2.05) is 14.1 Å². The van der Waals surface area contributed by atoms with Crippen molar-refractivity contribution in [3.63, 3.8) is 0 Å². The molecule has 0 unspecified atom stereocenters. The second-order valence-corrected chi connectivity index (χ2v) is 7.17. The van der Waals surface area contributed by atoms with Gasteiger partial charge in [0.15, 0.2) is 0 Å². The first-order chi connectivity index (χ1) is 10.6. The van der Waals surface area contributed by atoms with Gasteiger partial charge in [0.1, 0.15) is 0 Å². The summed E-state index contributed by atoms with van der Waals surface area (Å²) < 4.78 is 5.44. The lowest BCUT2D eigenvalue weighted by atomic mass is 9.93. The number of piperidine rings is 2. The number of esters is 1. The van der Waals surface area contributed by atoms with E-state index in [0.717, 1.165) is 44.9 Å². The average molecular weight is 311 g/mol. The van der Waals surface area contributed by atoms with Gasteiger partial charge in [0.05, 0.1) is 12.5 Å². The molecule has 0 N–H and O–H groups in total. The maximum absolute atomic E-state index is 12.1. The molecule has 5 heteroatoms. The number of rotatable bonds is 6. The molecule has 0 aromatic carbocycles. The molecule has 0 atom stereocenters. The minimum absolute atomic E-state index is 0.0294. The Hall–Kier alpha value is -0.650. The summed E-state index contributed by atoms with van der Waals surface area (Å²) in [5.41, 5.74) is 0. The highest BCUT2D eigenvalue weighted by Gasteiger charge is 2.30. The van der Waals surface area contributed by atoms with Crippen molar-refractivity contribution < 1.29 is 9.53 Å². The van der Waals surface area contributed by atoms with Gasteiger partial charge in [-0.3, -0.25) is 4.79 Å². The van der Waals surface area contributed by atoms with Gasteiger partial charge in [0.2, 0.25) is 0 Å². The van der Waals surface area contributed by atoms with E-state index in [-0.39, 0.29) is 11.9 Å². The lowest BCUT2D eigenvalue weighted by Gasteiger charge is -2.40. The minimum atomic E-state index is 0.0294. The van der Waals surface area contributed by atoms with Crippen LogP contribution in [-0.2, 0) is 9.53 Å². The number of likely N-dealkylation sites (tertiary alicyclic amines) is 2. The van der Waals surface area contributed by atoms with Crippen LogP contribution in [0.1, 0.15) is 32.1 Å². The maximum atomic E-state index is 12.1. The van der Waals surface area contributed by atoms with Crippen LogP contribution in [0.25, 0.3) is 0 Å². The van der Waals surface area contributed by atoms with Crippen LogP contribution in [0, 0.1) is 5.92 Å². The van der Waals surface area contributed by atoms with Crippen molar-refractivity contribution in [2.75, 3.05) is 60.5 Å². The number of hydrogen-bond acceptors (Lipinski definition) is 5. The Bertz CT molecular complexity index is 333. The largest absolute Gasteiger partial charge is 0.465 e. The third-order valence-corrected chi connectivity index (χ3v) is 5.06. The van der Waals surface area contributed by atoms with Crippen LogP contribution in [0.3, 0.4) is 0 Å². The lowest BCUT2D eigenvalue weighted by molar-refractivity contribution is -0.150. The minimum Gasteiger partial charge on any atom is -0.465 e. The molecular formula is C17H33N3O2. The first kappa shape index (κ1) is 17.7. The molecule has 0 bridgehead atoms. The van der Waals surface area contributed by atoms with E-state index in [0.29, 0.717) is 6.61 Å². The SMILES string of the molecule is CN(C)CCCOC(=O)C1CCN(C2CCN(C)CC2)CC1. The maximum Gasteiger partial charge on any atom is 0.309 e. The highest BCUT2D eigenvalue weighted by Crippen LogP contribution is 2.24. The van der Waals surface area contributed by atoms with E-state index in [9.17, 15) is 4.79 Å². The van der Waals surface area contributed by atoms with E-state index in [4.69, 9.17) is 4.74 Å². The second-order valence-electron chi connectivity index (χ2n) is 7.17. The van der Waals surface area contributed by atoms with Crippen molar-refractivity contribution in [2.24, 2.45) is 5.92 Å². The van der Waals surface area contributed by atoms with Crippen molar-refractivity contribution in [3.05, 3.63) is 0 Å². The third kappa shape index (κ3) is 5.52. The summed E-state index contributed by atoms with van der Waals surface area (Å²) in [6, 6.07) is 0.730. The molecule has 0 radical (unpaired) electrons. The molecule has 0 aromatic heterocycles. The Kier molecular flexibility index (Phi) is 7.12. The monoisotopic (exact) mass is 311 g/mol. The van der Waals surface area contributed by atoms with Crippen LogP contribution >= 0.6 is 0 Å². The fourth-order valence-corrected chi connectivity index (χ4v) is 3.53. The van der Waals surface area contributed by atoms with Gasteiger partial charge in [-0.1, -0.05) is 0 Å². The Morgan fingerprint density at radius 3 is 2.32 bits per heavy atom. The van der Waals surface area contributed by atoms with E-state index < -0.39 is 0 Å². The van der Waals surface area contributed by atoms with E-state index in [1.54, 1.807) is 0 Å². The number of ether oxygens (including phenoxy) is 1. The van der Waals surface area contributed by atoms with Gasteiger partial charge in [0.25, 0.3) is 0 Å². The first-order valence-electron chi connectivity index (χ1n) is 8.80. The molecule has 2 rings (SSSR count). The molecular weight excluding hydrogens is 278 g/mol. The van der Waals surface area contributed by atoms with Gasteiger partial charge in [-0.2, -0.15) is 0 Å². The number of nitrogens with zero attached hydrogens (tertiary/aromatic N) is 3. The highest BCUT2D eigenvalue weighted by molar-refractivity contribution is 5.72. The zero-order valence-corrected chi connectivity index (χ0v) is 14.6. The summed E-state index contributed by atoms with van der Waals surface area (Å²) in [4.78, 5) is 19.2. The van der Waals surface area contributed by atoms with Crippen LogP contribution < -0.4 is 0 Å². The summed E-state index contributed by atoms with van der Waals surface area (Å²) in [6.07, 6.45) is 5.41. The summed E-state index contributed by atoms with van der Waals surface area (Å²) in [5.74, 6) is 0.156. The van der Waals surface area contributed by atoms with Gasteiger partial charge in [-0.15, -0.1) is 0 Å². The Morgan fingerprint density at radius 2 is 1.73 bits per heavy atom. The summed E-state index contributed by atoms with van der Waals surface area (Å²) in [7, 11) is 6.29. The van der Waals surface area contributed by atoms with Gasteiger partial charge >= 0.3 is 5.97 Å². The summed E-state index contributed by atoms with van der Waals surface area (Å²) in [6.45, 7) is 6.07. The Morgan fingerprint density at radius 1 is 1.09 bits per heavy atom. The molecule has 2 fully saturated rings. The quantitative estimate of drug-likeness (QED) is 0.546. The molecule has 2 aliphatic heterocycles. The Balaban J connectivity index is 1.63. The fourth-order valence-electron chi connectivity index (χ4n) is 3.53. The fraction of sp³-hybridized carbons (Fsp3) is 0.941. The van der Waals surface area contributed by atoms with Gasteiger partial charge in [-0.05, 0) is 79.4 Å². The number of hydrogen-bond donors (Lipinski definition) is 0. The number of carbonyl (C=O) groups excluding carboxylic acids is 1. The van der Waals surface area contributed by atoms with Crippen molar-refractivity contribution >= 4 is 5.97 Å². The van der Waals surface area contributed by atoms with Crippen LogP contribution in [0.15, 0.2) is 0 Å². The second kappa shape index (κ2) is 8.85. The molecule has 0 aliphatic carbocycles. The summed E-state index contributed by atoms with van der Waals surface area (Å²) >= 11 is 0. The third-order valence-electron chi connectivity index (χ3n) is 5.06. The molecule has 2 aliphatic rings. The van der Waals surface area contributed by atoms with Gasteiger partial charge in [0, 0.05) is 12.6 Å². The molecule has 5 nitrogen and oxygen atoms in total. The van der Waals surface area contributed by atoms with Crippen molar-refractivity contribution in [1.82, 2.24) is 14.7 Å². The highest BCUT2D eigenvalue weighted by atomic mass is 16.5. The molecule has 0 spiro atoms. The van der Waals surface area contributed by atoms with Crippen LogP contribution in [0.4, 0.5) is 0 Å². The zero-order chi connectivity index (χ0) is 15.9. The molecule has 0 amide bonds. The molecule has 2 heterocycles. The molecule has 128 valence electrons. The molecule has 0 aromatic rings. The van der Waals surface area contributed by atoms with E-state index >= 15 is 0 Å². The van der Waals surface area contributed by atoms with Crippen molar-refractivity contribution in [3.8, 4) is 0 Å². The average Bonchev–Trinajstić information content (AvgIpc) is 2.52. The van der Waals surface area contributed by atoms with Crippen molar-refractivity contribution in [1.29, 1.82) is 0 Å². The molecule has 22 heavy (non-hydrogen) atoms. The lowest BCUT2D eigenvalue weighted by Crippen LogP contribution is -2.47. The van der Waals surface area contributed by atoms with Gasteiger partial charge in [-0.25, -0.2) is 0 Å². The predicted octanol–water partition coefficient (Wildman–Crippen LogP) is 1.29. The van der Waals surface area contributed by atoms with Gasteiger partial charge < -0.3 is 19.4 Å². The zero-order valence-electron chi connectivity index (χ0n) is 14.6. The van der Waals surface area contributed by atoms with Crippen LogP contribution in [-0.4, -0.2) is 87.2 Å². The first-order valence-corrected chi connectivity index (χ1v) is 8.80. The van der Waals surface area contributed by atoms with E-state index in [2.05, 4.69) is 21.7 Å². The summed E-state index contributed by atoms with van der Waals surface area (Å²) in [5, 5.41) is 0. The van der Waals surface area contributed by atoms with Crippen LogP contribution in [0.5, 0.6) is 0 Å². The molecule has 2 saturated heterocycles. The standard InChI is InChI=1S/C17H33N3O2/c1-18(2)9-4-14-22-17(21)15-5-12-20(13-6-15)16-7-10-19(3)11-8-16/h15-16H,4-14H2,1-3H3. The smallest absolute Gasteiger partial charge is 0.309 e. The van der Waals surface area contributed by atoms with E-state index in [1.165, 1.54) is 25.9 Å². The molecule has 0 saturated carbocycles. The topological polar surface area (TPSA) is 36.0 Å². The number of carbonyl (C=O) groups is 1. The predicted molar refractivity (Wildman–Crippen MR) is 88.9 cm³/mol. The van der Waals surface area contributed by atoms with Crippen molar-refractivity contribution in [2.45, 2.75) is 38.1 Å².